The van der Waals surface area contributed by atoms with Gasteiger partial charge in [-0.2, -0.15) is 4.98 Å². The largest absolute Gasteiger partial charge is 0.497 e. The van der Waals surface area contributed by atoms with E-state index in [4.69, 9.17) is 9.26 Å². The first-order valence-corrected chi connectivity index (χ1v) is 9.81. The second kappa shape index (κ2) is 9.23. The molecule has 0 bridgehead atoms. The summed E-state index contributed by atoms with van der Waals surface area (Å²) in [6.07, 6.45) is 3.61. The van der Waals surface area contributed by atoms with Gasteiger partial charge in [0.2, 0.25) is 17.6 Å². The Morgan fingerprint density at radius 3 is 2.56 bits per heavy atom. The van der Waals surface area contributed by atoms with Crippen molar-refractivity contribution >= 4 is 23.4 Å². The molecule has 3 rings (SSSR count). The van der Waals surface area contributed by atoms with E-state index < -0.39 is 0 Å². The molecule has 1 N–H and O–H groups in total. The maximum atomic E-state index is 12.0. The third-order valence-corrected chi connectivity index (χ3v) is 4.73. The van der Waals surface area contributed by atoms with Crippen LogP contribution in [0.1, 0.15) is 18.7 Å². The fraction of sp³-hybridized carbons (Fsp3) is 0.250. The van der Waals surface area contributed by atoms with Gasteiger partial charge >= 0.3 is 0 Å². The molecule has 0 unspecified atom stereocenters. The average Bonchev–Trinajstić information content (AvgIpc) is 3.17. The van der Waals surface area contributed by atoms with E-state index in [1.165, 1.54) is 0 Å². The fourth-order valence-electron chi connectivity index (χ4n) is 2.51. The summed E-state index contributed by atoms with van der Waals surface area (Å²) in [6, 6.07) is 15.2. The van der Waals surface area contributed by atoms with Crippen molar-refractivity contribution in [1.82, 2.24) is 10.1 Å². The molecule has 0 saturated heterocycles. The maximum Gasteiger partial charge on any atom is 0.226 e. The second-order valence-electron chi connectivity index (χ2n) is 5.87. The van der Waals surface area contributed by atoms with E-state index in [9.17, 15) is 4.79 Å². The van der Waals surface area contributed by atoms with Gasteiger partial charge in [0.05, 0.1) is 7.11 Å². The molecule has 0 atom stereocenters. The van der Waals surface area contributed by atoms with Crippen LogP contribution in [0.5, 0.6) is 5.75 Å². The van der Waals surface area contributed by atoms with Crippen molar-refractivity contribution < 1.29 is 14.1 Å². The molecule has 140 valence electrons. The van der Waals surface area contributed by atoms with Crippen LogP contribution in [0.2, 0.25) is 0 Å². The molecule has 27 heavy (non-hydrogen) atoms. The van der Waals surface area contributed by atoms with Crippen LogP contribution in [-0.2, 0) is 11.2 Å². The lowest BCUT2D eigenvalue weighted by Crippen LogP contribution is -2.11. The number of methoxy groups -OCH3 is 1. The minimum Gasteiger partial charge on any atom is -0.497 e. The summed E-state index contributed by atoms with van der Waals surface area (Å²) < 4.78 is 10.4. The van der Waals surface area contributed by atoms with Crippen LogP contribution in [0, 0.1) is 0 Å². The molecule has 0 aliphatic carbocycles. The Morgan fingerprint density at radius 2 is 1.89 bits per heavy atom. The number of ether oxygens (including phenoxy) is 1. The molecule has 6 nitrogen and oxygen atoms in total. The zero-order valence-corrected chi connectivity index (χ0v) is 16.1. The summed E-state index contributed by atoms with van der Waals surface area (Å²) in [5.41, 5.74) is 1.66. The third kappa shape index (κ3) is 5.34. The van der Waals surface area contributed by atoms with Crippen LogP contribution in [0.15, 0.2) is 57.9 Å². The van der Waals surface area contributed by atoms with Gasteiger partial charge in [-0.15, -0.1) is 11.8 Å². The topological polar surface area (TPSA) is 77.2 Å². The minimum absolute atomic E-state index is 0.0261. The lowest BCUT2D eigenvalue weighted by atomic mass is 10.2. The predicted octanol–water partition coefficient (Wildman–Crippen LogP) is 4.43. The number of nitrogens with one attached hydrogen (secondary N) is 1. The highest BCUT2D eigenvalue weighted by Gasteiger charge is 2.10. The molecule has 0 spiro atoms. The number of hydrogen-bond donors (Lipinski definition) is 1. The van der Waals surface area contributed by atoms with Crippen molar-refractivity contribution in [2.45, 2.75) is 24.2 Å². The van der Waals surface area contributed by atoms with Gasteiger partial charge in [-0.1, -0.05) is 5.16 Å². The molecule has 0 aliphatic heterocycles. The van der Waals surface area contributed by atoms with Gasteiger partial charge in [-0.05, 0) is 61.2 Å². The number of benzene rings is 2. The third-order valence-electron chi connectivity index (χ3n) is 3.98. The number of aromatic nitrogens is 2. The maximum absolute atomic E-state index is 12.0. The number of carbonyl (C=O) groups is 1. The fourth-order valence-corrected chi connectivity index (χ4v) is 2.92. The number of rotatable bonds is 8. The van der Waals surface area contributed by atoms with E-state index in [1.54, 1.807) is 18.9 Å². The molecule has 1 heterocycles. The first-order chi connectivity index (χ1) is 13.2. The van der Waals surface area contributed by atoms with Crippen LogP contribution < -0.4 is 10.1 Å². The van der Waals surface area contributed by atoms with Crippen LogP contribution in [0.3, 0.4) is 0 Å². The minimum atomic E-state index is -0.0261. The molecule has 0 aliphatic rings. The predicted molar refractivity (Wildman–Crippen MR) is 106 cm³/mol. The number of thioether (sulfide) groups is 1. The van der Waals surface area contributed by atoms with Crippen molar-refractivity contribution in [3.63, 3.8) is 0 Å². The lowest BCUT2D eigenvalue weighted by Gasteiger charge is -2.05. The van der Waals surface area contributed by atoms with Gasteiger partial charge in [-0.25, -0.2) is 0 Å². The van der Waals surface area contributed by atoms with Crippen molar-refractivity contribution in [3.8, 4) is 17.1 Å². The summed E-state index contributed by atoms with van der Waals surface area (Å²) in [4.78, 5) is 17.6. The molecule has 7 heteroatoms. The molecule has 0 saturated carbocycles. The Bertz CT molecular complexity index is 876. The molecule has 0 fully saturated rings. The van der Waals surface area contributed by atoms with Crippen LogP contribution in [-0.4, -0.2) is 29.4 Å². The van der Waals surface area contributed by atoms with Gasteiger partial charge in [0, 0.05) is 29.0 Å². The Balaban J connectivity index is 1.47. The number of nitrogens with zero attached hydrogens (tertiary/aromatic N) is 2. The molecule has 0 radical (unpaired) electrons. The number of amides is 1. The molecule has 2 aromatic carbocycles. The normalized spacial score (nSPS) is 10.6. The zero-order chi connectivity index (χ0) is 19.1. The molecule has 1 aromatic heterocycles. The summed E-state index contributed by atoms with van der Waals surface area (Å²) >= 11 is 1.67. The van der Waals surface area contributed by atoms with E-state index in [0.717, 1.165) is 21.9 Å². The quantitative estimate of drug-likeness (QED) is 0.580. The number of anilines is 1. The van der Waals surface area contributed by atoms with E-state index in [2.05, 4.69) is 15.5 Å². The first kappa shape index (κ1) is 19.0. The summed E-state index contributed by atoms with van der Waals surface area (Å²) in [7, 11) is 1.62. The highest BCUT2D eigenvalue weighted by Crippen LogP contribution is 2.20. The van der Waals surface area contributed by atoms with Crippen LogP contribution in [0.4, 0.5) is 5.69 Å². The Labute approximate surface area is 162 Å². The number of hydrogen-bond acceptors (Lipinski definition) is 6. The number of carbonyl (C=O) groups excluding carboxylic acids is 1. The van der Waals surface area contributed by atoms with Crippen molar-refractivity contribution in [3.05, 3.63) is 54.4 Å². The monoisotopic (exact) mass is 383 g/mol. The molecule has 1 amide bonds. The van der Waals surface area contributed by atoms with E-state index in [-0.39, 0.29) is 5.91 Å². The van der Waals surface area contributed by atoms with E-state index in [1.807, 2.05) is 54.8 Å². The summed E-state index contributed by atoms with van der Waals surface area (Å²) in [6.45, 7) is 0. The Kier molecular flexibility index (Phi) is 6.49. The van der Waals surface area contributed by atoms with Gasteiger partial charge < -0.3 is 14.6 Å². The molecule has 3 aromatic rings. The average molecular weight is 383 g/mol. The van der Waals surface area contributed by atoms with E-state index >= 15 is 0 Å². The highest BCUT2D eigenvalue weighted by molar-refractivity contribution is 7.98. The summed E-state index contributed by atoms with van der Waals surface area (Å²) in [5.74, 6) is 1.81. The lowest BCUT2D eigenvalue weighted by molar-refractivity contribution is -0.116. The SMILES string of the molecule is COc1ccc(-c2noc(CCCC(=O)Nc3ccc(SC)cc3)n2)cc1. The Morgan fingerprint density at radius 1 is 1.15 bits per heavy atom. The zero-order valence-electron chi connectivity index (χ0n) is 15.3. The summed E-state index contributed by atoms with van der Waals surface area (Å²) in [5, 5.41) is 6.89. The van der Waals surface area contributed by atoms with Gasteiger partial charge in [0.1, 0.15) is 5.75 Å². The number of aryl methyl sites for hydroxylation is 1. The van der Waals surface area contributed by atoms with Crippen molar-refractivity contribution in [2.24, 2.45) is 0 Å². The Hall–Kier alpha value is -2.80. The molecular weight excluding hydrogens is 362 g/mol. The van der Waals surface area contributed by atoms with Gasteiger partial charge in [0.25, 0.3) is 0 Å². The smallest absolute Gasteiger partial charge is 0.226 e. The van der Waals surface area contributed by atoms with Crippen molar-refractivity contribution in [1.29, 1.82) is 0 Å². The van der Waals surface area contributed by atoms with E-state index in [0.29, 0.717) is 31.0 Å². The highest BCUT2D eigenvalue weighted by atomic mass is 32.2. The second-order valence-corrected chi connectivity index (χ2v) is 6.75. The van der Waals surface area contributed by atoms with Crippen LogP contribution >= 0.6 is 11.8 Å². The van der Waals surface area contributed by atoms with Crippen LogP contribution in [0.25, 0.3) is 11.4 Å². The first-order valence-electron chi connectivity index (χ1n) is 8.59. The standard InChI is InChI=1S/C20H21N3O3S/c1-25-16-10-6-14(7-11-16)20-22-19(26-23-20)5-3-4-18(24)21-15-8-12-17(27-2)13-9-15/h6-13H,3-5H2,1-2H3,(H,21,24). The van der Waals surface area contributed by atoms with Gasteiger partial charge in [-0.3, -0.25) is 4.79 Å². The van der Waals surface area contributed by atoms with Gasteiger partial charge in [0.15, 0.2) is 0 Å². The molecular formula is C20H21N3O3S. The van der Waals surface area contributed by atoms with Crippen molar-refractivity contribution in [2.75, 3.05) is 18.7 Å².